The first kappa shape index (κ1) is 23.3. The summed E-state index contributed by atoms with van der Waals surface area (Å²) in [5.74, 6) is 0.917. The fourth-order valence-corrected chi connectivity index (χ4v) is 4.54. The molecule has 35 heavy (non-hydrogen) atoms. The number of ether oxygens (including phenoxy) is 2. The van der Waals surface area contributed by atoms with E-state index in [4.69, 9.17) is 14.5 Å². The molecule has 1 aromatic carbocycles. The van der Waals surface area contributed by atoms with Crippen molar-refractivity contribution >= 4 is 17.5 Å². The number of amides is 2. The SMILES string of the molecule is Cc1ccc(NC(=O)N2CCO[C@@H](C)C2)cc1-c1cc(-c2cnn(C)c2)nc(N2CCOCC2)c1. The van der Waals surface area contributed by atoms with Crippen molar-refractivity contribution in [2.75, 3.05) is 56.2 Å². The molecule has 0 radical (unpaired) electrons. The Morgan fingerprint density at radius 3 is 2.66 bits per heavy atom. The molecule has 184 valence electrons. The van der Waals surface area contributed by atoms with Gasteiger partial charge in [-0.05, 0) is 54.8 Å². The van der Waals surface area contributed by atoms with Crippen LogP contribution in [0.3, 0.4) is 0 Å². The second-order valence-electron chi connectivity index (χ2n) is 9.19. The molecule has 0 spiro atoms. The van der Waals surface area contributed by atoms with E-state index in [1.807, 2.05) is 44.6 Å². The standard InChI is InChI=1S/C26H32N6O3/c1-18-4-5-22(28-26(33)32-8-11-35-19(2)16-32)14-23(18)20-12-24(21-15-27-30(3)17-21)29-25(13-20)31-6-9-34-10-7-31/h4-5,12-15,17,19H,6-11,16H2,1-3H3,(H,28,33)/t19-/m0/s1. The smallest absolute Gasteiger partial charge is 0.322 e. The van der Waals surface area contributed by atoms with Gasteiger partial charge in [-0.25, -0.2) is 9.78 Å². The summed E-state index contributed by atoms with van der Waals surface area (Å²) in [5.41, 5.74) is 5.83. The third kappa shape index (κ3) is 5.31. The average molecular weight is 477 g/mol. The number of nitrogens with one attached hydrogen (secondary N) is 1. The number of rotatable bonds is 4. The first-order chi connectivity index (χ1) is 17.0. The lowest BCUT2D eigenvalue weighted by atomic mass is 9.98. The van der Waals surface area contributed by atoms with Crippen molar-refractivity contribution in [1.29, 1.82) is 0 Å². The van der Waals surface area contributed by atoms with Crippen LogP contribution in [0.4, 0.5) is 16.3 Å². The number of morpholine rings is 2. The fourth-order valence-electron chi connectivity index (χ4n) is 4.54. The van der Waals surface area contributed by atoms with Gasteiger partial charge in [0, 0.05) is 50.7 Å². The summed E-state index contributed by atoms with van der Waals surface area (Å²) in [6, 6.07) is 10.2. The topological polar surface area (TPSA) is 84.8 Å². The second-order valence-corrected chi connectivity index (χ2v) is 9.19. The number of urea groups is 1. The highest BCUT2D eigenvalue weighted by atomic mass is 16.5. The maximum atomic E-state index is 12.9. The molecule has 4 heterocycles. The van der Waals surface area contributed by atoms with Crippen LogP contribution < -0.4 is 10.2 Å². The third-order valence-corrected chi connectivity index (χ3v) is 6.48. The molecule has 2 aliphatic heterocycles. The molecule has 0 unspecified atom stereocenters. The van der Waals surface area contributed by atoms with Crippen molar-refractivity contribution in [3.63, 3.8) is 0 Å². The Labute approximate surface area is 205 Å². The molecule has 2 aromatic heterocycles. The number of hydrogen-bond acceptors (Lipinski definition) is 6. The molecule has 9 nitrogen and oxygen atoms in total. The number of aromatic nitrogens is 3. The molecule has 2 fully saturated rings. The maximum Gasteiger partial charge on any atom is 0.322 e. The van der Waals surface area contributed by atoms with Crippen molar-refractivity contribution in [3.8, 4) is 22.4 Å². The maximum absolute atomic E-state index is 12.9. The molecule has 2 saturated heterocycles. The molecular weight excluding hydrogens is 444 g/mol. The summed E-state index contributed by atoms with van der Waals surface area (Å²) in [5, 5.41) is 7.41. The Hall–Kier alpha value is -3.43. The van der Waals surface area contributed by atoms with E-state index in [0.717, 1.165) is 52.5 Å². The fraction of sp³-hybridized carbons (Fsp3) is 0.423. The minimum Gasteiger partial charge on any atom is -0.378 e. The first-order valence-corrected chi connectivity index (χ1v) is 12.1. The number of benzene rings is 1. The monoisotopic (exact) mass is 476 g/mol. The van der Waals surface area contributed by atoms with Crippen molar-refractivity contribution < 1.29 is 14.3 Å². The Kier molecular flexibility index (Phi) is 6.70. The van der Waals surface area contributed by atoms with Crippen LogP contribution in [0.5, 0.6) is 0 Å². The van der Waals surface area contributed by atoms with Gasteiger partial charge in [0.1, 0.15) is 5.82 Å². The number of hydrogen-bond donors (Lipinski definition) is 1. The van der Waals surface area contributed by atoms with E-state index in [2.05, 4.69) is 34.4 Å². The van der Waals surface area contributed by atoms with Gasteiger partial charge in [-0.1, -0.05) is 6.07 Å². The normalized spacial score (nSPS) is 18.5. The highest BCUT2D eigenvalue weighted by Gasteiger charge is 2.22. The van der Waals surface area contributed by atoms with Crippen LogP contribution in [0, 0.1) is 6.92 Å². The zero-order chi connectivity index (χ0) is 24.4. The molecule has 0 bridgehead atoms. The van der Waals surface area contributed by atoms with Crippen LogP contribution in [-0.4, -0.2) is 77.8 Å². The summed E-state index contributed by atoms with van der Waals surface area (Å²) in [4.78, 5) is 21.9. The van der Waals surface area contributed by atoms with E-state index >= 15 is 0 Å². The van der Waals surface area contributed by atoms with Crippen molar-refractivity contribution in [2.24, 2.45) is 7.05 Å². The van der Waals surface area contributed by atoms with Crippen LogP contribution in [-0.2, 0) is 16.5 Å². The van der Waals surface area contributed by atoms with Crippen molar-refractivity contribution in [1.82, 2.24) is 19.7 Å². The van der Waals surface area contributed by atoms with Gasteiger partial charge in [0.2, 0.25) is 0 Å². The number of anilines is 2. The summed E-state index contributed by atoms with van der Waals surface area (Å²) in [6.07, 6.45) is 3.86. The molecule has 0 aliphatic carbocycles. The van der Waals surface area contributed by atoms with E-state index in [9.17, 15) is 4.79 Å². The van der Waals surface area contributed by atoms with Gasteiger partial charge >= 0.3 is 6.03 Å². The Morgan fingerprint density at radius 2 is 1.91 bits per heavy atom. The quantitative estimate of drug-likeness (QED) is 0.620. The molecule has 5 rings (SSSR count). The van der Waals surface area contributed by atoms with E-state index in [1.54, 1.807) is 9.58 Å². The van der Waals surface area contributed by atoms with Gasteiger partial charge < -0.3 is 24.6 Å². The van der Waals surface area contributed by atoms with Crippen LogP contribution in [0.25, 0.3) is 22.4 Å². The zero-order valence-electron chi connectivity index (χ0n) is 20.5. The lowest BCUT2D eigenvalue weighted by Gasteiger charge is -2.31. The predicted molar refractivity (Wildman–Crippen MR) is 136 cm³/mol. The highest BCUT2D eigenvalue weighted by molar-refractivity contribution is 5.91. The van der Waals surface area contributed by atoms with E-state index < -0.39 is 0 Å². The van der Waals surface area contributed by atoms with Crippen LogP contribution in [0.1, 0.15) is 12.5 Å². The molecule has 0 saturated carbocycles. The Morgan fingerprint density at radius 1 is 1.09 bits per heavy atom. The van der Waals surface area contributed by atoms with Crippen LogP contribution in [0.15, 0.2) is 42.7 Å². The molecule has 1 N–H and O–H groups in total. The summed E-state index contributed by atoms with van der Waals surface area (Å²) >= 11 is 0. The number of aryl methyl sites for hydroxylation is 2. The average Bonchev–Trinajstić information content (AvgIpc) is 3.32. The number of nitrogens with zero attached hydrogens (tertiary/aromatic N) is 5. The van der Waals surface area contributed by atoms with Gasteiger partial charge in [-0.2, -0.15) is 5.10 Å². The van der Waals surface area contributed by atoms with Gasteiger partial charge in [-0.15, -0.1) is 0 Å². The van der Waals surface area contributed by atoms with Crippen molar-refractivity contribution in [2.45, 2.75) is 20.0 Å². The number of pyridine rings is 1. The number of carbonyl (C=O) groups is 1. The summed E-state index contributed by atoms with van der Waals surface area (Å²) in [7, 11) is 1.90. The second kappa shape index (κ2) is 10.1. The van der Waals surface area contributed by atoms with Gasteiger partial charge in [0.25, 0.3) is 0 Å². The predicted octanol–water partition coefficient (Wildman–Crippen LogP) is 3.55. The lowest BCUT2D eigenvalue weighted by molar-refractivity contribution is -0.00138. The van der Waals surface area contributed by atoms with Crippen molar-refractivity contribution in [3.05, 3.63) is 48.3 Å². The Bertz CT molecular complexity index is 1200. The zero-order valence-corrected chi connectivity index (χ0v) is 20.5. The van der Waals surface area contributed by atoms with Gasteiger partial charge in [0.15, 0.2) is 0 Å². The Balaban J connectivity index is 1.48. The van der Waals surface area contributed by atoms with E-state index in [-0.39, 0.29) is 12.1 Å². The number of carbonyl (C=O) groups excluding carboxylic acids is 1. The minimum absolute atomic E-state index is 0.0457. The molecule has 3 aromatic rings. The molecule has 2 aliphatic rings. The molecular formula is C26H32N6O3. The van der Waals surface area contributed by atoms with Crippen LogP contribution in [0.2, 0.25) is 0 Å². The van der Waals surface area contributed by atoms with Crippen LogP contribution >= 0.6 is 0 Å². The summed E-state index contributed by atoms with van der Waals surface area (Å²) in [6.45, 7) is 8.80. The minimum atomic E-state index is -0.102. The molecule has 1 atom stereocenters. The molecule has 9 heteroatoms. The summed E-state index contributed by atoms with van der Waals surface area (Å²) < 4.78 is 12.9. The van der Waals surface area contributed by atoms with E-state index in [0.29, 0.717) is 32.9 Å². The van der Waals surface area contributed by atoms with Gasteiger partial charge in [-0.3, -0.25) is 4.68 Å². The lowest BCUT2D eigenvalue weighted by Crippen LogP contribution is -2.46. The largest absolute Gasteiger partial charge is 0.378 e. The highest BCUT2D eigenvalue weighted by Crippen LogP contribution is 2.33. The molecule has 2 amide bonds. The first-order valence-electron chi connectivity index (χ1n) is 12.1. The van der Waals surface area contributed by atoms with Gasteiger partial charge in [0.05, 0.1) is 37.8 Å². The van der Waals surface area contributed by atoms with E-state index in [1.165, 1.54) is 0 Å². The third-order valence-electron chi connectivity index (χ3n) is 6.48.